The Morgan fingerprint density at radius 2 is 2.31 bits per heavy atom. The van der Waals surface area contributed by atoms with Gasteiger partial charge < -0.3 is 0 Å². The van der Waals surface area contributed by atoms with Crippen LogP contribution in [0.5, 0.6) is 0 Å². The average molecular weight is 301 g/mol. The molecule has 0 radical (unpaired) electrons. The Balaban J connectivity index is 2.64. The van der Waals surface area contributed by atoms with Gasteiger partial charge in [0.25, 0.3) is 5.24 Å². The third-order valence-corrected chi connectivity index (χ3v) is 2.64. The van der Waals surface area contributed by atoms with Crippen LogP contribution in [0.1, 0.15) is 16.1 Å². The molecular weight excluding hydrogens is 293 g/mol. The van der Waals surface area contributed by atoms with Crippen molar-refractivity contribution >= 4 is 32.8 Å². The van der Waals surface area contributed by atoms with Crippen molar-refractivity contribution in [1.82, 2.24) is 14.8 Å². The Hall–Kier alpha value is -1.20. The predicted molar refractivity (Wildman–Crippen MR) is 64.0 cm³/mol. The van der Waals surface area contributed by atoms with Gasteiger partial charge in [0.15, 0.2) is 5.82 Å². The molecule has 0 spiro atoms. The van der Waals surface area contributed by atoms with Crippen molar-refractivity contribution in [3.8, 4) is 5.82 Å². The van der Waals surface area contributed by atoms with E-state index in [1.54, 1.807) is 12.3 Å². The van der Waals surface area contributed by atoms with E-state index in [0.717, 1.165) is 5.56 Å². The van der Waals surface area contributed by atoms with Gasteiger partial charge in [-0.1, -0.05) is 6.07 Å². The number of aromatic nitrogens is 3. The van der Waals surface area contributed by atoms with Crippen molar-refractivity contribution in [2.75, 3.05) is 0 Å². The molecule has 2 aromatic rings. The summed E-state index contributed by atoms with van der Waals surface area (Å²) in [6.45, 7) is 1.89. The molecule has 0 unspecified atom stereocenters. The molecule has 82 valence electrons. The summed E-state index contributed by atoms with van der Waals surface area (Å²) in [6, 6.07) is 5.27. The Bertz CT molecular complexity index is 553. The van der Waals surface area contributed by atoms with E-state index in [9.17, 15) is 4.79 Å². The summed E-state index contributed by atoms with van der Waals surface area (Å²) in [5, 5.41) is 3.56. The number of hydrogen-bond acceptors (Lipinski definition) is 3. The van der Waals surface area contributed by atoms with E-state index in [2.05, 4.69) is 26.0 Å². The molecule has 2 rings (SSSR count). The summed E-state index contributed by atoms with van der Waals surface area (Å²) in [5.74, 6) is 0.595. The minimum absolute atomic E-state index is 0.287. The maximum atomic E-state index is 11.2. The molecule has 4 nitrogen and oxygen atoms in total. The van der Waals surface area contributed by atoms with E-state index in [1.165, 1.54) is 4.68 Å². The van der Waals surface area contributed by atoms with Crippen LogP contribution in [0.2, 0.25) is 0 Å². The molecule has 0 fully saturated rings. The topological polar surface area (TPSA) is 47.8 Å². The Labute approximate surface area is 105 Å². The summed E-state index contributed by atoms with van der Waals surface area (Å²) < 4.78 is 1.97. The van der Waals surface area contributed by atoms with Gasteiger partial charge in [-0.2, -0.15) is 5.10 Å². The van der Waals surface area contributed by atoms with Gasteiger partial charge in [0, 0.05) is 12.3 Å². The number of pyridine rings is 1. The first-order valence-electron chi connectivity index (χ1n) is 4.47. The van der Waals surface area contributed by atoms with Gasteiger partial charge in [-0.05, 0) is 46.1 Å². The number of hydrogen-bond donors (Lipinski definition) is 0. The van der Waals surface area contributed by atoms with Gasteiger partial charge in [-0.15, -0.1) is 0 Å². The van der Waals surface area contributed by atoms with Crippen molar-refractivity contribution in [2.24, 2.45) is 0 Å². The predicted octanol–water partition coefficient (Wildman–Crippen LogP) is 2.72. The molecule has 6 heteroatoms. The van der Waals surface area contributed by atoms with Crippen LogP contribution in [0.15, 0.2) is 29.0 Å². The van der Waals surface area contributed by atoms with Crippen LogP contribution >= 0.6 is 27.5 Å². The SMILES string of the molecule is Cc1cccnc1-n1nc(Br)cc1C(=O)Cl. The van der Waals surface area contributed by atoms with Crippen LogP contribution in [-0.2, 0) is 0 Å². The van der Waals surface area contributed by atoms with E-state index in [-0.39, 0.29) is 5.69 Å². The maximum absolute atomic E-state index is 11.2. The van der Waals surface area contributed by atoms with Crippen LogP contribution in [-0.4, -0.2) is 20.0 Å². The third-order valence-electron chi connectivity index (χ3n) is 2.06. The zero-order valence-electron chi connectivity index (χ0n) is 8.32. The molecule has 0 amide bonds. The van der Waals surface area contributed by atoms with Crippen molar-refractivity contribution in [3.63, 3.8) is 0 Å². The van der Waals surface area contributed by atoms with E-state index >= 15 is 0 Å². The lowest BCUT2D eigenvalue weighted by Crippen LogP contribution is -2.08. The molecule has 2 aromatic heterocycles. The molecule has 16 heavy (non-hydrogen) atoms. The second-order valence-corrected chi connectivity index (χ2v) is 4.34. The van der Waals surface area contributed by atoms with Crippen LogP contribution < -0.4 is 0 Å². The molecule has 0 saturated carbocycles. The molecular formula is C10H7BrClN3O. The Morgan fingerprint density at radius 1 is 1.56 bits per heavy atom. The van der Waals surface area contributed by atoms with E-state index in [0.29, 0.717) is 10.4 Å². The number of rotatable bonds is 2. The molecule has 0 bridgehead atoms. The highest BCUT2D eigenvalue weighted by molar-refractivity contribution is 9.10. The van der Waals surface area contributed by atoms with Crippen LogP contribution in [0, 0.1) is 6.92 Å². The molecule has 0 aliphatic carbocycles. The second-order valence-electron chi connectivity index (χ2n) is 3.18. The quantitative estimate of drug-likeness (QED) is 0.801. The fourth-order valence-corrected chi connectivity index (χ4v) is 1.86. The molecule has 0 N–H and O–H groups in total. The number of nitrogens with zero attached hydrogens (tertiary/aromatic N) is 3. The average Bonchev–Trinajstić information content (AvgIpc) is 2.61. The van der Waals surface area contributed by atoms with Gasteiger partial charge in [0.1, 0.15) is 10.3 Å². The highest BCUT2D eigenvalue weighted by atomic mass is 79.9. The molecule has 0 aliphatic rings. The van der Waals surface area contributed by atoms with E-state index < -0.39 is 5.24 Å². The zero-order valence-corrected chi connectivity index (χ0v) is 10.7. The van der Waals surface area contributed by atoms with Gasteiger partial charge in [0.2, 0.25) is 0 Å². The molecule has 0 aliphatic heterocycles. The second kappa shape index (κ2) is 4.35. The summed E-state index contributed by atoms with van der Waals surface area (Å²) in [5.41, 5.74) is 1.20. The number of carbonyl (C=O) groups is 1. The van der Waals surface area contributed by atoms with Crippen LogP contribution in [0.25, 0.3) is 5.82 Å². The normalized spacial score (nSPS) is 10.4. The van der Waals surface area contributed by atoms with Gasteiger partial charge in [-0.3, -0.25) is 4.79 Å². The summed E-state index contributed by atoms with van der Waals surface area (Å²) in [4.78, 5) is 15.4. The highest BCUT2D eigenvalue weighted by Gasteiger charge is 2.15. The lowest BCUT2D eigenvalue weighted by molar-refractivity contribution is 0.107. The first-order chi connectivity index (χ1) is 7.59. The standard InChI is InChI=1S/C10H7BrClN3O/c1-6-3-2-4-13-10(6)15-7(9(12)16)5-8(11)14-15/h2-5H,1H3. The van der Waals surface area contributed by atoms with E-state index in [1.807, 2.05) is 19.1 Å². The third kappa shape index (κ3) is 2.01. The Morgan fingerprint density at radius 3 is 2.94 bits per heavy atom. The van der Waals surface area contributed by atoms with Gasteiger partial charge in [-0.25, -0.2) is 9.67 Å². The first-order valence-corrected chi connectivity index (χ1v) is 5.64. The summed E-state index contributed by atoms with van der Waals surface area (Å²) in [7, 11) is 0. The number of halogens is 2. The largest absolute Gasteiger partial charge is 0.274 e. The summed E-state index contributed by atoms with van der Waals surface area (Å²) >= 11 is 8.68. The zero-order chi connectivity index (χ0) is 11.7. The molecule has 2 heterocycles. The molecule has 0 aromatic carbocycles. The smallest absolute Gasteiger partial charge is 0.271 e. The van der Waals surface area contributed by atoms with Crippen LogP contribution in [0.3, 0.4) is 0 Å². The minimum Gasteiger partial charge on any atom is -0.274 e. The van der Waals surface area contributed by atoms with Crippen molar-refractivity contribution in [1.29, 1.82) is 0 Å². The summed E-state index contributed by atoms with van der Waals surface area (Å²) in [6.07, 6.45) is 1.64. The number of carbonyl (C=O) groups excluding carboxylic acids is 1. The highest BCUT2D eigenvalue weighted by Crippen LogP contribution is 2.18. The van der Waals surface area contributed by atoms with Gasteiger partial charge >= 0.3 is 0 Å². The number of aryl methyl sites for hydroxylation is 1. The Kier molecular flexibility index (Phi) is 3.07. The minimum atomic E-state index is -0.566. The van der Waals surface area contributed by atoms with Gasteiger partial charge in [0.05, 0.1) is 0 Å². The van der Waals surface area contributed by atoms with Crippen LogP contribution in [0.4, 0.5) is 0 Å². The molecule has 0 saturated heterocycles. The fourth-order valence-electron chi connectivity index (χ4n) is 1.35. The monoisotopic (exact) mass is 299 g/mol. The lowest BCUT2D eigenvalue weighted by Gasteiger charge is -2.05. The lowest BCUT2D eigenvalue weighted by atomic mass is 10.3. The fraction of sp³-hybridized carbons (Fsp3) is 0.100. The van der Waals surface area contributed by atoms with Crippen molar-refractivity contribution in [3.05, 3.63) is 40.3 Å². The van der Waals surface area contributed by atoms with Crippen molar-refractivity contribution < 1.29 is 4.79 Å². The molecule has 0 atom stereocenters. The van der Waals surface area contributed by atoms with E-state index in [4.69, 9.17) is 11.6 Å². The first kappa shape index (κ1) is 11.3. The van der Waals surface area contributed by atoms with Crippen molar-refractivity contribution in [2.45, 2.75) is 6.92 Å². The maximum Gasteiger partial charge on any atom is 0.271 e.